The van der Waals surface area contributed by atoms with Crippen LogP contribution in [-0.2, 0) is 10.0 Å². The molecule has 1 N–H and O–H groups in total. The molecule has 0 atom stereocenters. The zero-order valence-corrected chi connectivity index (χ0v) is 21.1. The predicted octanol–water partition coefficient (Wildman–Crippen LogP) is 3.91. The summed E-state index contributed by atoms with van der Waals surface area (Å²) in [5.74, 6) is 0.904. The molecule has 0 unspecified atom stereocenters. The summed E-state index contributed by atoms with van der Waals surface area (Å²) in [5.41, 5.74) is 0.377. The minimum Gasteiger partial charge on any atom is -0.494 e. The lowest BCUT2D eigenvalue weighted by molar-refractivity contribution is 0.128. The highest BCUT2D eigenvalue weighted by Crippen LogP contribution is 2.29. The first-order valence-electron chi connectivity index (χ1n) is 11.3. The number of benzene rings is 2. The Morgan fingerprint density at radius 2 is 1.62 bits per heavy atom. The third-order valence-electron chi connectivity index (χ3n) is 5.84. The summed E-state index contributed by atoms with van der Waals surface area (Å²) in [6.07, 6.45) is 0.976. The molecule has 0 bridgehead atoms. The minimum absolute atomic E-state index is 0.151. The molecule has 3 aromatic rings. The lowest BCUT2D eigenvalue weighted by atomic mass is 10.2. The number of para-hydroxylation sites is 1. The number of aromatic nitrogens is 1. The summed E-state index contributed by atoms with van der Waals surface area (Å²) < 4.78 is 34.3. The van der Waals surface area contributed by atoms with Crippen molar-refractivity contribution in [1.82, 2.24) is 19.5 Å². The van der Waals surface area contributed by atoms with Crippen LogP contribution in [-0.4, -0.2) is 75.6 Å². The van der Waals surface area contributed by atoms with Gasteiger partial charge in [0.05, 0.1) is 22.0 Å². The van der Waals surface area contributed by atoms with Gasteiger partial charge in [0.25, 0.3) is 0 Å². The molecule has 0 radical (unpaired) electrons. The van der Waals surface area contributed by atoms with E-state index in [0.717, 1.165) is 44.9 Å². The van der Waals surface area contributed by atoms with Gasteiger partial charge in [-0.1, -0.05) is 41.4 Å². The second-order valence-electron chi connectivity index (χ2n) is 8.17. The van der Waals surface area contributed by atoms with E-state index in [-0.39, 0.29) is 10.0 Å². The molecule has 182 valence electrons. The molecule has 2 aromatic carbocycles. The van der Waals surface area contributed by atoms with Crippen LogP contribution in [0.5, 0.6) is 5.75 Å². The molecule has 0 saturated carbocycles. The summed E-state index contributed by atoms with van der Waals surface area (Å²) in [5, 5.41) is 1.08. The van der Waals surface area contributed by atoms with E-state index in [0.29, 0.717) is 35.6 Å². The van der Waals surface area contributed by atoms with Crippen molar-refractivity contribution >= 4 is 44.1 Å². The molecule has 7 nitrogen and oxygen atoms in total. The smallest absolute Gasteiger partial charge is 0.241 e. The van der Waals surface area contributed by atoms with Crippen molar-refractivity contribution in [3.05, 3.63) is 64.8 Å². The van der Waals surface area contributed by atoms with Crippen LogP contribution in [0, 0.1) is 0 Å². The Morgan fingerprint density at radius 3 is 2.35 bits per heavy atom. The number of ether oxygens (including phenoxy) is 1. The summed E-state index contributed by atoms with van der Waals surface area (Å²) in [6, 6.07) is 16.1. The number of rotatable bonds is 10. The molecule has 0 amide bonds. The fourth-order valence-electron chi connectivity index (χ4n) is 4.02. The first kappa shape index (κ1) is 25.2. The van der Waals surface area contributed by atoms with Gasteiger partial charge in [0.1, 0.15) is 10.9 Å². The van der Waals surface area contributed by atoms with Crippen molar-refractivity contribution in [3.63, 3.8) is 0 Å². The lowest BCUT2D eigenvalue weighted by Gasteiger charge is -2.34. The molecule has 1 saturated heterocycles. The third kappa shape index (κ3) is 6.59. The van der Waals surface area contributed by atoms with E-state index >= 15 is 0 Å². The van der Waals surface area contributed by atoms with Gasteiger partial charge in [-0.25, -0.2) is 18.1 Å². The van der Waals surface area contributed by atoms with Crippen molar-refractivity contribution in [2.24, 2.45) is 0 Å². The van der Waals surface area contributed by atoms with E-state index in [9.17, 15) is 8.42 Å². The van der Waals surface area contributed by atoms with Crippen LogP contribution in [0.25, 0.3) is 10.9 Å². The zero-order valence-electron chi connectivity index (χ0n) is 18.8. The number of nitrogens with one attached hydrogen (secondary N) is 1. The Labute approximate surface area is 210 Å². The molecular formula is C24H28Cl2N4O3S. The molecule has 0 aliphatic carbocycles. The van der Waals surface area contributed by atoms with Crippen molar-refractivity contribution in [2.75, 3.05) is 52.4 Å². The molecule has 1 fully saturated rings. The Hall–Kier alpha value is -1.94. The van der Waals surface area contributed by atoms with Gasteiger partial charge in [0.2, 0.25) is 10.0 Å². The highest BCUT2D eigenvalue weighted by molar-refractivity contribution is 7.89. The number of fused-ring (bicyclic) bond motifs is 1. The SMILES string of the molecule is O=S(=O)(NCCN1CCN(CCCOc2ccccc2)CC1)c1ccc(Cl)c2nc(Cl)ccc12. The maximum atomic E-state index is 12.9. The summed E-state index contributed by atoms with van der Waals surface area (Å²) in [4.78, 5) is 9.03. The first-order chi connectivity index (χ1) is 16.4. The van der Waals surface area contributed by atoms with Crippen LogP contribution in [0.4, 0.5) is 0 Å². The van der Waals surface area contributed by atoms with E-state index in [1.807, 2.05) is 30.3 Å². The van der Waals surface area contributed by atoms with Crippen LogP contribution in [0.3, 0.4) is 0 Å². The monoisotopic (exact) mass is 522 g/mol. The largest absolute Gasteiger partial charge is 0.494 e. The van der Waals surface area contributed by atoms with Crippen molar-refractivity contribution in [2.45, 2.75) is 11.3 Å². The van der Waals surface area contributed by atoms with E-state index in [1.54, 1.807) is 12.1 Å². The molecule has 1 aliphatic rings. The predicted molar refractivity (Wildman–Crippen MR) is 136 cm³/mol. The van der Waals surface area contributed by atoms with E-state index < -0.39 is 10.0 Å². The summed E-state index contributed by atoms with van der Waals surface area (Å²) in [6.45, 7) is 6.43. The van der Waals surface area contributed by atoms with Gasteiger partial charge in [0.15, 0.2) is 0 Å². The minimum atomic E-state index is -3.71. The van der Waals surface area contributed by atoms with Crippen molar-refractivity contribution < 1.29 is 13.2 Å². The van der Waals surface area contributed by atoms with Crippen LogP contribution in [0.2, 0.25) is 10.2 Å². The highest BCUT2D eigenvalue weighted by Gasteiger charge is 2.21. The Bertz CT molecular complexity index is 1200. The first-order valence-corrected chi connectivity index (χ1v) is 13.5. The van der Waals surface area contributed by atoms with Gasteiger partial charge < -0.3 is 9.64 Å². The Balaban J connectivity index is 1.20. The molecule has 2 heterocycles. The second-order valence-corrected chi connectivity index (χ2v) is 10.7. The summed E-state index contributed by atoms with van der Waals surface area (Å²) >= 11 is 12.1. The number of pyridine rings is 1. The van der Waals surface area contributed by atoms with Crippen molar-refractivity contribution in [1.29, 1.82) is 0 Å². The van der Waals surface area contributed by atoms with Gasteiger partial charge >= 0.3 is 0 Å². The second kappa shape index (κ2) is 11.7. The normalized spacial score (nSPS) is 15.6. The highest BCUT2D eigenvalue weighted by atomic mass is 35.5. The maximum absolute atomic E-state index is 12.9. The van der Waals surface area contributed by atoms with Crippen LogP contribution in [0.1, 0.15) is 6.42 Å². The number of nitrogens with zero attached hydrogens (tertiary/aromatic N) is 3. The quantitative estimate of drug-likeness (QED) is 0.321. The van der Waals surface area contributed by atoms with Gasteiger partial charge in [-0.05, 0) is 42.8 Å². The molecular weight excluding hydrogens is 495 g/mol. The number of hydrogen-bond acceptors (Lipinski definition) is 6. The maximum Gasteiger partial charge on any atom is 0.241 e. The zero-order chi connectivity index (χ0) is 24.0. The average Bonchev–Trinajstić information content (AvgIpc) is 2.84. The van der Waals surface area contributed by atoms with Crippen molar-refractivity contribution in [3.8, 4) is 5.75 Å². The molecule has 1 aromatic heterocycles. The number of sulfonamides is 1. The number of piperazine rings is 1. The average molecular weight is 523 g/mol. The van der Waals surface area contributed by atoms with Gasteiger partial charge in [0, 0.05) is 51.2 Å². The summed E-state index contributed by atoms with van der Waals surface area (Å²) in [7, 11) is -3.71. The Morgan fingerprint density at radius 1 is 0.912 bits per heavy atom. The van der Waals surface area contributed by atoms with E-state index in [1.165, 1.54) is 12.1 Å². The van der Waals surface area contributed by atoms with Gasteiger partial charge in [-0.3, -0.25) is 4.90 Å². The topological polar surface area (TPSA) is 74.8 Å². The van der Waals surface area contributed by atoms with E-state index in [2.05, 4.69) is 19.5 Å². The molecule has 10 heteroatoms. The molecule has 4 rings (SSSR count). The fraction of sp³-hybridized carbons (Fsp3) is 0.375. The van der Waals surface area contributed by atoms with Crippen LogP contribution in [0.15, 0.2) is 59.5 Å². The number of halogens is 2. The molecule has 1 aliphatic heterocycles. The number of hydrogen-bond donors (Lipinski definition) is 1. The van der Waals surface area contributed by atoms with Crippen LogP contribution < -0.4 is 9.46 Å². The standard InChI is InChI=1S/C24H28Cl2N4O3S/c25-21-8-9-22(20-7-10-23(26)28-24(20)21)34(31,32)27-11-13-30-16-14-29(15-17-30)12-4-18-33-19-5-2-1-3-6-19/h1-3,5-10,27H,4,11-18H2. The molecule has 34 heavy (non-hydrogen) atoms. The Kier molecular flexibility index (Phi) is 8.63. The molecule has 0 spiro atoms. The van der Waals surface area contributed by atoms with Gasteiger partial charge in [-0.15, -0.1) is 0 Å². The van der Waals surface area contributed by atoms with Crippen LogP contribution >= 0.6 is 23.2 Å². The fourth-order valence-corrected chi connectivity index (χ4v) is 5.59. The van der Waals surface area contributed by atoms with E-state index in [4.69, 9.17) is 27.9 Å². The lowest BCUT2D eigenvalue weighted by Crippen LogP contribution is -2.48. The third-order valence-corrected chi connectivity index (χ3v) is 7.87. The van der Waals surface area contributed by atoms with Gasteiger partial charge in [-0.2, -0.15) is 0 Å².